The first-order valence-corrected chi connectivity index (χ1v) is 7.09. The van der Waals surface area contributed by atoms with Gasteiger partial charge in [-0.05, 0) is 37.0 Å². The molecule has 0 aliphatic carbocycles. The number of halogens is 1. The van der Waals surface area contributed by atoms with Crippen LogP contribution in [0.4, 0.5) is 0 Å². The molecule has 0 aromatic heterocycles. The predicted molar refractivity (Wildman–Crippen MR) is 75.7 cm³/mol. The van der Waals surface area contributed by atoms with Gasteiger partial charge in [0.1, 0.15) is 0 Å². The molecule has 1 saturated heterocycles. The summed E-state index contributed by atoms with van der Waals surface area (Å²) in [5, 5.41) is 0. The van der Waals surface area contributed by atoms with Crippen molar-refractivity contribution in [2.24, 2.45) is 5.92 Å². The monoisotopic (exact) mass is 313 g/mol. The summed E-state index contributed by atoms with van der Waals surface area (Å²) in [5.74, 6) is 0.709. The molecule has 1 unspecified atom stereocenters. The Kier molecular flexibility index (Phi) is 4.15. The summed E-state index contributed by atoms with van der Waals surface area (Å²) in [6, 6.07) is 5.60. The SMILES string of the molecule is CC1CCCN(C(=O)c2ccc(Br)cc2S)C1. The van der Waals surface area contributed by atoms with Gasteiger partial charge in [-0.3, -0.25) is 4.79 Å². The van der Waals surface area contributed by atoms with E-state index in [2.05, 4.69) is 35.5 Å². The number of hydrogen-bond donors (Lipinski definition) is 1. The first kappa shape index (κ1) is 13.0. The molecule has 0 radical (unpaired) electrons. The molecule has 17 heavy (non-hydrogen) atoms. The van der Waals surface area contributed by atoms with Gasteiger partial charge in [-0.2, -0.15) is 0 Å². The fourth-order valence-electron chi connectivity index (χ4n) is 2.23. The summed E-state index contributed by atoms with van der Waals surface area (Å²) in [6.45, 7) is 3.93. The van der Waals surface area contributed by atoms with Gasteiger partial charge in [0.05, 0.1) is 5.56 Å². The summed E-state index contributed by atoms with van der Waals surface area (Å²) < 4.78 is 0.950. The number of benzene rings is 1. The van der Waals surface area contributed by atoms with Crippen molar-refractivity contribution in [3.8, 4) is 0 Å². The van der Waals surface area contributed by atoms with E-state index in [1.54, 1.807) is 0 Å². The van der Waals surface area contributed by atoms with Crippen LogP contribution in [0, 0.1) is 5.92 Å². The van der Waals surface area contributed by atoms with Gasteiger partial charge in [-0.1, -0.05) is 22.9 Å². The lowest BCUT2D eigenvalue weighted by atomic mass is 9.99. The Bertz CT molecular complexity index is 435. The number of piperidine rings is 1. The van der Waals surface area contributed by atoms with Crippen molar-refractivity contribution in [3.05, 3.63) is 28.2 Å². The molecule has 1 amide bonds. The Balaban J connectivity index is 2.18. The summed E-state index contributed by atoms with van der Waals surface area (Å²) in [6.07, 6.45) is 2.32. The highest BCUT2D eigenvalue weighted by Gasteiger charge is 2.23. The Labute approximate surface area is 116 Å². The molecule has 0 saturated carbocycles. The van der Waals surface area contributed by atoms with Gasteiger partial charge in [0.25, 0.3) is 5.91 Å². The fraction of sp³-hybridized carbons (Fsp3) is 0.462. The molecule has 0 spiro atoms. The molecule has 1 aromatic rings. The lowest BCUT2D eigenvalue weighted by Gasteiger charge is -2.31. The van der Waals surface area contributed by atoms with Crippen LogP contribution in [0.15, 0.2) is 27.6 Å². The van der Waals surface area contributed by atoms with Crippen LogP contribution in [0.25, 0.3) is 0 Å². The summed E-state index contributed by atoms with van der Waals surface area (Å²) >= 11 is 7.75. The van der Waals surface area contributed by atoms with Crippen LogP contribution in [0.1, 0.15) is 30.1 Å². The highest BCUT2D eigenvalue weighted by atomic mass is 79.9. The van der Waals surface area contributed by atoms with E-state index in [1.165, 1.54) is 6.42 Å². The minimum Gasteiger partial charge on any atom is -0.338 e. The van der Waals surface area contributed by atoms with Crippen LogP contribution in [0.3, 0.4) is 0 Å². The molecular weight excluding hydrogens is 298 g/mol. The van der Waals surface area contributed by atoms with Crippen LogP contribution in [0.5, 0.6) is 0 Å². The van der Waals surface area contributed by atoms with Crippen LogP contribution in [0.2, 0.25) is 0 Å². The average molecular weight is 314 g/mol. The zero-order chi connectivity index (χ0) is 12.4. The van der Waals surface area contributed by atoms with E-state index in [-0.39, 0.29) is 5.91 Å². The number of hydrogen-bond acceptors (Lipinski definition) is 2. The zero-order valence-electron chi connectivity index (χ0n) is 9.82. The average Bonchev–Trinajstić information content (AvgIpc) is 2.28. The number of nitrogens with zero attached hydrogens (tertiary/aromatic N) is 1. The number of thiol groups is 1. The highest BCUT2D eigenvalue weighted by molar-refractivity contribution is 9.10. The van der Waals surface area contributed by atoms with E-state index in [4.69, 9.17) is 0 Å². The summed E-state index contributed by atoms with van der Waals surface area (Å²) in [4.78, 5) is 15.0. The van der Waals surface area contributed by atoms with Gasteiger partial charge < -0.3 is 4.90 Å². The first-order chi connectivity index (χ1) is 8.08. The normalized spacial score (nSPS) is 20.4. The Morgan fingerprint density at radius 1 is 1.53 bits per heavy atom. The van der Waals surface area contributed by atoms with E-state index in [0.29, 0.717) is 11.5 Å². The van der Waals surface area contributed by atoms with Gasteiger partial charge in [0.2, 0.25) is 0 Å². The van der Waals surface area contributed by atoms with Crippen molar-refractivity contribution in [2.45, 2.75) is 24.7 Å². The predicted octanol–water partition coefficient (Wildman–Crippen LogP) is 3.61. The molecule has 1 aliphatic rings. The van der Waals surface area contributed by atoms with E-state index in [0.717, 1.165) is 28.9 Å². The number of likely N-dealkylation sites (tertiary alicyclic amines) is 1. The maximum Gasteiger partial charge on any atom is 0.254 e. The Hall–Kier alpha value is -0.480. The maximum absolute atomic E-state index is 12.3. The van der Waals surface area contributed by atoms with Crippen molar-refractivity contribution < 1.29 is 4.79 Å². The van der Waals surface area contributed by atoms with Gasteiger partial charge >= 0.3 is 0 Å². The molecule has 4 heteroatoms. The zero-order valence-corrected chi connectivity index (χ0v) is 12.3. The van der Waals surface area contributed by atoms with E-state index in [9.17, 15) is 4.79 Å². The van der Waals surface area contributed by atoms with Gasteiger partial charge in [-0.15, -0.1) is 12.6 Å². The molecule has 2 rings (SSSR count). The molecule has 1 heterocycles. The van der Waals surface area contributed by atoms with Crippen LogP contribution in [-0.2, 0) is 0 Å². The second-order valence-corrected chi connectivity index (χ2v) is 6.06. The summed E-state index contributed by atoms with van der Waals surface area (Å²) in [7, 11) is 0. The van der Waals surface area contributed by atoms with E-state index < -0.39 is 0 Å². The van der Waals surface area contributed by atoms with Crippen LogP contribution in [-0.4, -0.2) is 23.9 Å². The Morgan fingerprint density at radius 2 is 2.29 bits per heavy atom. The first-order valence-electron chi connectivity index (χ1n) is 5.85. The molecule has 0 N–H and O–H groups in total. The van der Waals surface area contributed by atoms with Gasteiger partial charge in [0.15, 0.2) is 0 Å². The van der Waals surface area contributed by atoms with Gasteiger partial charge in [0, 0.05) is 22.5 Å². The lowest BCUT2D eigenvalue weighted by molar-refractivity contribution is 0.0679. The topological polar surface area (TPSA) is 20.3 Å². The quantitative estimate of drug-likeness (QED) is 0.785. The van der Waals surface area contributed by atoms with Crippen LogP contribution >= 0.6 is 28.6 Å². The second-order valence-electron chi connectivity index (χ2n) is 4.66. The fourth-order valence-corrected chi connectivity index (χ4v) is 3.08. The van der Waals surface area contributed by atoms with Crippen molar-refractivity contribution in [3.63, 3.8) is 0 Å². The largest absolute Gasteiger partial charge is 0.338 e. The standard InChI is InChI=1S/C13H16BrNOS/c1-9-3-2-6-15(8-9)13(16)11-5-4-10(14)7-12(11)17/h4-5,7,9,17H,2-3,6,8H2,1H3. The lowest BCUT2D eigenvalue weighted by Crippen LogP contribution is -2.39. The van der Waals surface area contributed by atoms with Crippen LogP contribution < -0.4 is 0 Å². The van der Waals surface area contributed by atoms with Crippen molar-refractivity contribution in [1.29, 1.82) is 0 Å². The molecule has 1 aliphatic heterocycles. The molecule has 1 aromatic carbocycles. The number of carbonyl (C=O) groups excluding carboxylic acids is 1. The van der Waals surface area contributed by atoms with E-state index >= 15 is 0 Å². The molecule has 92 valence electrons. The van der Waals surface area contributed by atoms with Crippen molar-refractivity contribution >= 4 is 34.5 Å². The third-order valence-corrected chi connectivity index (χ3v) is 4.00. The molecular formula is C13H16BrNOS. The highest BCUT2D eigenvalue weighted by Crippen LogP contribution is 2.23. The number of amides is 1. The smallest absolute Gasteiger partial charge is 0.254 e. The maximum atomic E-state index is 12.3. The third kappa shape index (κ3) is 3.05. The van der Waals surface area contributed by atoms with Crippen molar-refractivity contribution in [1.82, 2.24) is 4.90 Å². The minimum absolute atomic E-state index is 0.106. The molecule has 1 atom stereocenters. The Morgan fingerprint density at radius 3 is 2.94 bits per heavy atom. The number of rotatable bonds is 1. The van der Waals surface area contributed by atoms with E-state index in [1.807, 2.05) is 23.1 Å². The molecule has 2 nitrogen and oxygen atoms in total. The van der Waals surface area contributed by atoms with Crippen molar-refractivity contribution in [2.75, 3.05) is 13.1 Å². The molecule has 1 fully saturated rings. The second kappa shape index (κ2) is 5.44. The summed E-state index contributed by atoms with van der Waals surface area (Å²) in [5.41, 5.74) is 0.700. The third-order valence-electron chi connectivity index (χ3n) is 3.13. The minimum atomic E-state index is 0.106. The number of carbonyl (C=O) groups is 1. The molecule has 0 bridgehead atoms. The van der Waals surface area contributed by atoms with Gasteiger partial charge in [-0.25, -0.2) is 0 Å².